The van der Waals surface area contributed by atoms with Gasteiger partial charge in [0.15, 0.2) is 5.15 Å². The fourth-order valence-corrected chi connectivity index (χ4v) is 2.40. The molecule has 0 amide bonds. The summed E-state index contributed by atoms with van der Waals surface area (Å²) < 4.78 is 5.81. The summed E-state index contributed by atoms with van der Waals surface area (Å²) in [5, 5.41) is 8.38. The largest absolute Gasteiger partial charge is 0.475 e. The molecule has 1 fully saturated rings. The molecule has 5 heteroatoms. The Kier molecular flexibility index (Phi) is 4.40. The molecular weight excluding hydrogens is 250 g/mol. The van der Waals surface area contributed by atoms with Gasteiger partial charge in [-0.15, -0.1) is 10.2 Å². The molecule has 0 spiro atoms. The molecule has 1 saturated heterocycles. The lowest BCUT2D eigenvalue weighted by molar-refractivity contribution is 0.121. The van der Waals surface area contributed by atoms with Crippen molar-refractivity contribution in [3.05, 3.63) is 16.3 Å². The Labute approximate surface area is 113 Å². The van der Waals surface area contributed by atoms with Crippen LogP contribution in [0.25, 0.3) is 0 Å². The monoisotopic (exact) mass is 269 g/mol. The van der Waals surface area contributed by atoms with Crippen LogP contribution in [0, 0.1) is 13.8 Å². The van der Waals surface area contributed by atoms with Crippen LogP contribution >= 0.6 is 11.6 Å². The molecule has 0 saturated carbocycles. The number of halogens is 1. The first-order valence-corrected chi connectivity index (χ1v) is 6.80. The van der Waals surface area contributed by atoms with Crippen molar-refractivity contribution in [3.63, 3.8) is 0 Å². The summed E-state index contributed by atoms with van der Waals surface area (Å²) in [7, 11) is 2.15. The normalized spacial score (nSPS) is 21.0. The summed E-state index contributed by atoms with van der Waals surface area (Å²) in [6.07, 6.45) is 3.75. The van der Waals surface area contributed by atoms with E-state index in [0.717, 1.165) is 17.7 Å². The first kappa shape index (κ1) is 13.6. The second-order valence-corrected chi connectivity index (χ2v) is 5.35. The standard InChI is InChI=1S/C13H20ClN3O/c1-9-10(2)13(16-15-12(9)14)18-8-11-6-4-5-7-17(11)3/h11H,4-8H2,1-3H3. The van der Waals surface area contributed by atoms with Crippen molar-refractivity contribution in [3.8, 4) is 5.88 Å². The van der Waals surface area contributed by atoms with Crippen molar-refractivity contribution in [2.45, 2.75) is 39.2 Å². The average molecular weight is 270 g/mol. The highest BCUT2D eigenvalue weighted by Gasteiger charge is 2.20. The number of aromatic nitrogens is 2. The van der Waals surface area contributed by atoms with Crippen LogP contribution in [-0.2, 0) is 0 Å². The second-order valence-electron chi connectivity index (χ2n) is 4.99. The lowest BCUT2D eigenvalue weighted by Gasteiger charge is -2.32. The van der Waals surface area contributed by atoms with Crippen molar-refractivity contribution < 1.29 is 4.74 Å². The van der Waals surface area contributed by atoms with Gasteiger partial charge in [-0.1, -0.05) is 18.0 Å². The van der Waals surface area contributed by atoms with Crippen LogP contribution < -0.4 is 4.74 Å². The molecular formula is C13H20ClN3O. The molecule has 0 N–H and O–H groups in total. The van der Waals surface area contributed by atoms with Gasteiger partial charge in [0, 0.05) is 11.6 Å². The van der Waals surface area contributed by atoms with E-state index >= 15 is 0 Å². The number of nitrogens with zero attached hydrogens (tertiary/aromatic N) is 3. The number of likely N-dealkylation sites (N-methyl/N-ethyl adjacent to an activating group) is 1. The Morgan fingerprint density at radius 2 is 2.06 bits per heavy atom. The van der Waals surface area contributed by atoms with Crippen molar-refractivity contribution in [2.24, 2.45) is 0 Å². The highest BCUT2D eigenvalue weighted by molar-refractivity contribution is 6.30. The van der Waals surface area contributed by atoms with E-state index < -0.39 is 0 Å². The fraction of sp³-hybridized carbons (Fsp3) is 0.692. The SMILES string of the molecule is Cc1c(Cl)nnc(OCC2CCCCN2C)c1C. The topological polar surface area (TPSA) is 38.3 Å². The number of likely N-dealkylation sites (tertiary alicyclic amines) is 1. The lowest BCUT2D eigenvalue weighted by Crippen LogP contribution is -2.40. The minimum atomic E-state index is 0.453. The van der Waals surface area contributed by atoms with Gasteiger partial charge in [-0.3, -0.25) is 0 Å². The maximum absolute atomic E-state index is 5.92. The van der Waals surface area contributed by atoms with Crippen LogP contribution in [0.15, 0.2) is 0 Å². The number of rotatable bonds is 3. The van der Waals surface area contributed by atoms with Gasteiger partial charge in [-0.05, 0) is 45.8 Å². The van der Waals surface area contributed by atoms with E-state index in [2.05, 4.69) is 22.1 Å². The Hall–Kier alpha value is -0.870. The molecule has 0 aromatic carbocycles. The van der Waals surface area contributed by atoms with Gasteiger partial charge in [0.25, 0.3) is 0 Å². The third kappa shape index (κ3) is 2.93. The minimum Gasteiger partial charge on any atom is -0.475 e. The van der Waals surface area contributed by atoms with Gasteiger partial charge < -0.3 is 9.64 Å². The third-order valence-electron chi connectivity index (χ3n) is 3.76. The van der Waals surface area contributed by atoms with Crippen molar-refractivity contribution in [1.29, 1.82) is 0 Å². The zero-order valence-electron chi connectivity index (χ0n) is 11.2. The number of hydrogen-bond donors (Lipinski definition) is 0. The van der Waals surface area contributed by atoms with Gasteiger partial charge in [0.05, 0.1) is 0 Å². The molecule has 0 aliphatic carbocycles. The first-order chi connectivity index (χ1) is 8.59. The first-order valence-electron chi connectivity index (χ1n) is 6.42. The van der Waals surface area contributed by atoms with E-state index in [9.17, 15) is 0 Å². The van der Waals surface area contributed by atoms with Gasteiger partial charge >= 0.3 is 0 Å². The molecule has 0 radical (unpaired) electrons. The van der Waals surface area contributed by atoms with E-state index in [0.29, 0.717) is 23.7 Å². The predicted octanol–water partition coefficient (Wildman–Crippen LogP) is 2.61. The van der Waals surface area contributed by atoms with E-state index in [1.807, 2.05) is 13.8 Å². The molecule has 2 heterocycles. The quantitative estimate of drug-likeness (QED) is 0.846. The molecule has 4 nitrogen and oxygen atoms in total. The van der Waals surface area contributed by atoms with E-state index in [1.165, 1.54) is 19.3 Å². The molecule has 1 atom stereocenters. The minimum absolute atomic E-state index is 0.453. The van der Waals surface area contributed by atoms with E-state index in [1.54, 1.807) is 0 Å². The van der Waals surface area contributed by atoms with Crippen LogP contribution in [-0.4, -0.2) is 41.3 Å². The van der Waals surface area contributed by atoms with Gasteiger partial charge in [-0.2, -0.15) is 0 Å². The highest BCUT2D eigenvalue weighted by Crippen LogP contribution is 2.23. The summed E-state index contributed by atoms with van der Waals surface area (Å²) in [6.45, 7) is 5.73. The van der Waals surface area contributed by atoms with Crippen molar-refractivity contribution >= 4 is 11.6 Å². The van der Waals surface area contributed by atoms with Crippen LogP contribution in [0.2, 0.25) is 5.15 Å². The Balaban J connectivity index is 1.99. The maximum atomic E-state index is 5.92. The van der Waals surface area contributed by atoms with Crippen LogP contribution in [0.1, 0.15) is 30.4 Å². The van der Waals surface area contributed by atoms with Crippen molar-refractivity contribution in [1.82, 2.24) is 15.1 Å². The molecule has 1 aromatic rings. The number of hydrogen-bond acceptors (Lipinski definition) is 4. The Bertz CT molecular complexity index is 425. The molecule has 18 heavy (non-hydrogen) atoms. The van der Waals surface area contributed by atoms with Crippen LogP contribution in [0.3, 0.4) is 0 Å². The summed E-state index contributed by atoms with van der Waals surface area (Å²) in [4.78, 5) is 2.36. The molecule has 100 valence electrons. The molecule has 0 bridgehead atoms. The fourth-order valence-electron chi connectivity index (χ4n) is 2.22. The van der Waals surface area contributed by atoms with Crippen LogP contribution in [0.5, 0.6) is 5.88 Å². The molecule has 1 aliphatic heterocycles. The van der Waals surface area contributed by atoms with Crippen LogP contribution in [0.4, 0.5) is 0 Å². The third-order valence-corrected chi connectivity index (χ3v) is 4.11. The molecule has 2 rings (SSSR count). The highest BCUT2D eigenvalue weighted by atomic mass is 35.5. The number of ether oxygens (including phenoxy) is 1. The second kappa shape index (κ2) is 5.85. The lowest BCUT2D eigenvalue weighted by atomic mass is 10.0. The Morgan fingerprint density at radius 3 is 2.78 bits per heavy atom. The molecule has 1 aliphatic rings. The Morgan fingerprint density at radius 1 is 1.28 bits per heavy atom. The summed E-state index contributed by atoms with van der Waals surface area (Å²) >= 11 is 5.92. The van der Waals surface area contributed by atoms with Gasteiger partial charge in [0.1, 0.15) is 6.61 Å². The molecule has 1 unspecified atom stereocenters. The van der Waals surface area contributed by atoms with Crippen molar-refractivity contribution in [2.75, 3.05) is 20.2 Å². The zero-order valence-corrected chi connectivity index (χ0v) is 12.0. The number of piperidine rings is 1. The maximum Gasteiger partial charge on any atom is 0.236 e. The molecule has 1 aromatic heterocycles. The van der Waals surface area contributed by atoms with Gasteiger partial charge in [0.2, 0.25) is 5.88 Å². The predicted molar refractivity (Wildman–Crippen MR) is 72.3 cm³/mol. The average Bonchev–Trinajstić information content (AvgIpc) is 2.37. The summed E-state index contributed by atoms with van der Waals surface area (Å²) in [5.41, 5.74) is 1.92. The summed E-state index contributed by atoms with van der Waals surface area (Å²) in [5.74, 6) is 0.607. The van der Waals surface area contributed by atoms with Gasteiger partial charge in [-0.25, -0.2) is 0 Å². The summed E-state index contributed by atoms with van der Waals surface area (Å²) in [6, 6.07) is 0.482. The smallest absolute Gasteiger partial charge is 0.236 e. The zero-order chi connectivity index (χ0) is 13.1. The van der Waals surface area contributed by atoms with E-state index in [4.69, 9.17) is 16.3 Å². The van der Waals surface area contributed by atoms with E-state index in [-0.39, 0.29) is 0 Å².